The number of benzene rings is 1. The first-order valence-corrected chi connectivity index (χ1v) is 9.27. The van der Waals surface area contributed by atoms with Crippen LogP contribution in [-0.4, -0.2) is 67.0 Å². The van der Waals surface area contributed by atoms with Crippen molar-refractivity contribution in [1.82, 2.24) is 15.1 Å². The van der Waals surface area contributed by atoms with Crippen molar-refractivity contribution in [2.24, 2.45) is 0 Å². The van der Waals surface area contributed by atoms with Gasteiger partial charge in [0.2, 0.25) is 0 Å². The van der Waals surface area contributed by atoms with E-state index in [2.05, 4.69) is 34.5 Å². The maximum atomic E-state index is 12.3. The van der Waals surface area contributed by atoms with Crippen molar-refractivity contribution in [1.29, 1.82) is 0 Å². The molecule has 0 aromatic heterocycles. The van der Waals surface area contributed by atoms with Crippen LogP contribution in [0.2, 0.25) is 0 Å². The first-order valence-electron chi connectivity index (χ1n) is 7.88. The smallest absolute Gasteiger partial charge is 0.251 e. The predicted octanol–water partition coefficient (Wildman–Crippen LogP) is 1.92. The number of likely N-dealkylation sites (N-methyl/N-ethyl adjacent to an activating group) is 1. The van der Waals surface area contributed by atoms with Crippen LogP contribution in [0.1, 0.15) is 22.8 Å². The molecule has 0 unspecified atom stereocenters. The molecule has 1 aliphatic rings. The lowest BCUT2D eigenvalue weighted by atomic mass is 10.1. The number of piperazine rings is 1. The number of nitrogens with one attached hydrogen (secondary N) is 1. The van der Waals surface area contributed by atoms with Crippen LogP contribution in [0.5, 0.6) is 0 Å². The van der Waals surface area contributed by atoms with Gasteiger partial charge < -0.3 is 10.2 Å². The Kier molecular flexibility index (Phi) is 6.73. The van der Waals surface area contributed by atoms with Gasteiger partial charge in [-0.05, 0) is 37.9 Å². The van der Waals surface area contributed by atoms with Gasteiger partial charge in [-0.3, -0.25) is 9.69 Å². The van der Waals surface area contributed by atoms with E-state index in [1.807, 2.05) is 25.1 Å². The number of amides is 1. The number of carbonyl (C=O) groups is 1. The van der Waals surface area contributed by atoms with E-state index in [4.69, 9.17) is 0 Å². The summed E-state index contributed by atoms with van der Waals surface area (Å²) < 4.78 is 0. The summed E-state index contributed by atoms with van der Waals surface area (Å²) in [5.41, 5.74) is 1.98. The van der Waals surface area contributed by atoms with Gasteiger partial charge in [-0.25, -0.2) is 0 Å². The largest absolute Gasteiger partial charge is 0.349 e. The van der Waals surface area contributed by atoms with Crippen LogP contribution in [-0.2, 0) is 6.54 Å². The molecule has 22 heavy (non-hydrogen) atoms. The summed E-state index contributed by atoms with van der Waals surface area (Å²) in [5, 5.41) is 3.05. The van der Waals surface area contributed by atoms with Crippen LogP contribution in [0.3, 0.4) is 0 Å². The van der Waals surface area contributed by atoms with E-state index in [0.29, 0.717) is 0 Å². The molecular weight excluding hydrogens is 294 g/mol. The van der Waals surface area contributed by atoms with Gasteiger partial charge in [-0.2, -0.15) is 11.8 Å². The van der Waals surface area contributed by atoms with Crippen LogP contribution in [0.4, 0.5) is 0 Å². The third-order valence-corrected chi connectivity index (χ3v) is 4.82. The molecule has 4 nitrogen and oxygen atoms in total. The number of carbonyl (C=O) groups excluding carboxylic acids is 1. The minimum Gasteiger partial charge on any atom is -0.349 e. The normalized spacial score (nSPS) is 18.1. The average Bonchev–Trinajstić information content (AvgIpc) is 2.50. The lowest BCUT2D eigenvalue weighted by Crippen LogP contribution is -2.43. The summed E-state index contributed by atoms with van der Waals surface area (Å²) in [6.45, 7) is 7.39. The standard InChI is InChI=1S/C17H27N3OS/c1-14(13-22-3)18-17(21)16-6-4-5-15(11-16)12-20-9-7-19(2)8-10-20/h4-6,11,14H,7-10,12-13H2,1-3H3,(H,18,21)/t14-/m1/s1. The maximum absolute atomic E-state index is 12.3. The van der Waals surface area contributed by atoms with Crippen molar-refractivity contribution >= 4 is 17.7 Å². The fourth-order valence-corrected chi connectivity index (χ4v) is 3.26. The van der Waals surface area contributed by atoms with Crippen molar-refractivity contribution in [3.63, 3.8) is 0 Å². The van der Waals surface area contributed by atoms with E-state index in [1.54, 1.807) is 11.8 Å². The van der Waals surface area contributed by atoms with Crippen LogP contribution >= 0.6 is 11.8 Å². The number of rotatable bonds is 6. The molecule has 1 aliphatic heterocycles. The van der Waals surface area contributed by atoms with E-state index < -0.39 is 0 Å². The molecule has 122 valence electrons. The molecule has 1 fully saturated rings. The zero-order valence-corrected chi connectivity index (χ0v) is 14.7. The van der Waals surface area contributed by atoms with Crippen LogP contribution in [0.15, 0.2) is 24.3 Å². The molecule has 0 bridgehead atoms. The summed E-state index contributed by atoms with van der Waals surface area (Å²) in [6, 6.07) is 8.22. The minimum absolute atomic E-state index is 0.0294. The van der Waals surface area contributed by atoms with E-state index in [1.165, 1.54) is 5.56 Å². The van der Waals surface area contributed by atoms with Gasteiger partial charge in [-0.1, -0.05) is 12.1 Å². The second-order valence-electron chi connectivity index (χ2n) is 6.11. The lowest BCUT2D eigenvalue weighted by molar-refractivity contribution is 0.0943. The van der Waals surface area contributed by atoms with Crippen molar-refractivity contribution in [2.45, 2.75) is 19.5 Å². The molecule has 5 heteroatoms. The molecule has 1 heterocycles. The van der Waals surface area contributed by atoms with Gasteiger partial charge in [0.15, 0.2) is 0 Å². The first kappa shape index (κ1) is 17.3. The lowest BCUT2D eigenvalue weighted by Gasteiger charge is -2.32. The highest BCUT2D eigenvalue weighted by atomic mass is 32.2. The van der Waals surface area contributed by atoms with E-state index in [0.717, 1.165) is 44.0 Å². The molecule has 0 saturated carbocycles. The van der Waals surface area contributed by atoms with E-state index in [9.17, 15) is 4.79 Å². The van der Waals surface area contributed by atoms with Crippen molar-refractivity contribution < 1.29 is 4.79 Å². The van der Waals surface area contributed by atoms with Gasteiger partial charge >= 0.3 is 0 Å². The molecule has 1 N–H and O–H groups in total. The van der Waals surface area contributed by atoms with Crippen molar-refractivity contribution in [3.8, 4) is 0 Å². The fraction of sp³-hybridized carbons (Fsp3) is 0.588. The van der Waals surface area contributed by atoms with Gasteiger partial charge in [0, 0.05) is 50.1 Å². The molecule has 0 aliphatic carbocycles. The highest BCUT2D eigenvalue weighted by Crippen LogP contribution is 2.11. The highest BCUT2D eigenvalue weighted by Gasteiger charge is 2.15. The van der Waals surface area contributed by atoms with Gasteiger partial charge in [0.25, 0.3) is 5.91 Å². The molecule has 0 spiro atoms. The Balaban J connectivity index is 1.93. The summed E-state index contributed by atoms with van der Waals surface area (Å²) in [7, 11) is 2.16. The van der Waals surface area contributed by atoms with E-state index >= 15 is 0 Å². The number of hydrogen-bond acceptors (Lipinski definition) is 4. The zero-order valence-electron chi connectivity index (χ0n) is 13.8. The summed E-state index contributed by atoms with van der Waals surface area (Å²) in [5.74, 6) is 0.967. The molecular formula is C17H27N3OS. The molecule has 1 saturated heterocycles. The van der Waals surface area contributed by atoms with Crippen molar-refractivity contribution in [3.05, 3.63) is 35.4 Å². The van der Waals surface area contributed by atoms with Crippen molar-refractivity contribution in [2.75, 3.05) is 45.2 Å². The van der Waals surface area contributed by atoms with Crippen LogP contribution < -0.4 is 5.32 Å². The molecule has 1 aromatic rings. The van der Waals surface area contributed by atoms with Gasteiger partial charge in [-0.15, -0.1) is 0 Å². The predicted molar refractivity (Wildman–Crippen MR) is 94.5 cm³/mol. The highest BCUT2D eigenvalue weighted by molar-refractivity contribution is 7.98. The third-order valence-electron chi connectivity index (χ3n) is 3.99. The molecule has 1 amide bonds. The average molecular weight is 321 g/mol. The van der Waals surface area contributed by atoms with Crippen LogP contribution in [0, 0.1) is 0 Å². The topological polar surface area (TPSA) is 35.6 Å². The van der Waals surface area contributed by atoms with Gasteiger partial charge in [0.1, 0.15) is 0 Å². The summed E-state index contributed by atoms with van der Waals surface area (Å²) >= 11 is 1.75. The third kappa shape index (κ3) is 5.30. The number of nitrogens with zero attached hydrogens (tertiary/aromatic N) is 2. The number of thioether (sulfide) groups is 1. The van der Waals surface area contributed by atoms with Gasteiger partial charge in [0.05, 0.1) is 0 Å². The molecule has 1 aromatic carbocycles. The fourth-order valence-electron chi connectivity index (χ4n) is 2.67. The Morgan fingerprint density at radius 1 is 1.32 bits per heavy atom. The monoisotopic (exact) mass is 321 g/mol. The maximum Gasteiger partial charge on any atom is 0.251 e. The van der Waals surface area contributed by atoms with E-state index in [-0.39, 0.29) is 11.9 Å². The molecule has 0 radical (unpaired) electrons. The summed E-state index contributed by atoms with van der Waals surface area (Å²) in [4.78, 5) is 17.1. The van der Waals surface area contributed by atoms with Crippen LogP contribution in [0.25, 0.3) is 0 Å². The Hall–Kier alpha value is -1.04. The first-order chi connectivity index (χ1) is 10.6. The zero-order chi connectivity index (χ0) is 15.9. The SMILES string of the molecule is CSC[C@@H](C)NC(=O)c1cccc(CN2CCN(C)CC2)c1. The summed E-state index contributed by atoms with van der Waals surface area (Å²) in [6.07, 6.45) is 2.05. The minimum atomic E-state index is 0.0294. The molecule has 1 atom stereocenters. The Morgan fingerprint density at radius 3 is 2.73 bits per heavy atom. The number of hydrogen-bond donors (Lipinski definition) is 1. The second kappa shape index (κ2) is 8.56. The Bertz CT molecular complexity index is 487. The molecule has 2 rings (SSSR count). The quantitative estimate of drug-likeness (QED) is 0.868. The Labute approximate surface area is 138 Å². The second-order valence-corrected chi connectivity index (χ2v) is 7.02. The Morgan fingerprint density at radius 2 is 2.05 bits per heavy atom.